The van der Waals surface area contributed by atoms with Crippen molar-refractivity contribution in [2.24, 2.45) is 0 Å². The Morgan fingerprint density at radius 2 is 0.714 bits per heavy atom. The zero-order valence-electron chi connectivity index (χ0n) is 51.4. The second-order valence-electron chi connectivity index (χ2n) is 25.5. The van der Waals surface area contributed by atoms with Crippen LogP contribution in [0.1, 0.15) is 127 Å². The molecular weight excluding hydrogens is 1220 g/mol. The van der Waals surface area contributed by atoms with Crippen molar-refractivity contribution in [2.75, 3.05) is 80.7 Å². The van der Waals surface area contributed by atoms with E-state index in [2.05, 4.69) is 143 Å². The molecule has 0 bridgehead atoms. The minimum Gasteiger partial charge on any atom is -0.357 e. The molecule has 0 amide bonds. The van der Waals surface area contributed by atoms with Gasteiger partial charge in [-0.05, 0) is 173 Å². The first-order valence-electron chi connectivity index (χ1n) is 32.2. The number of nitrogens with zero attached hydrogens (tertiary/aromatic N) is 18. The van der Waals surface area contributed by atoms with Crippen LogP contribution in [0, 0.1) is 0 Å². The summed E-state index contributed by atoms with van der Waals surface area (Å²) in [5, 5.41) is 36.4. The molecule has 0 spiro atoms. The average Bonchev–Trinajstić information content (AvgIpc) is 1.72. The lowest BCUT2D eigenvalue weighted by molar-refractivity contribution is 0.142. The first-order valence-corrected chi connectivity index (χ1v) is 33.3. The highest BCUT2D eigenvalue weighted by molar-refractivity contribution is 6.31. The summed E-state index contributed by atoms with van der Waals surface area (Å²) in [5.74, 6) is 9.83. The number of aromatic nitrogens is 12. The van der Waals surface area contributed by atoms with Gasteiger partial charge in [-0.15, -0.1) is 43.0 Å². The van der Waals surface area contributed by atoms with E-state index in [1.807, 2.05) is 55.0 Å². The quantitative estimate of drug-likeness (QED) is 0.0971. The summed E-state index contributed by atoms with van der Waals surface area (Å²) in [6, 6.07) is 37.4. The topological polar surface area (TPSA) is 162 Å². The Hall–Kier alpha value is -7.07. The van der Waals surface area contributed by atoms with Crippen molar-refractivity contribution in [3.8, 4) is 17.1 Å². The molecule has 23 heteroatoms. The Balaban J connectivity index is 0.00000721. The largest absolute Gasteiger partial charge is 0.357 e. The van der Waals surface area contributed by atoms with E-state index in [0.717, 1.165) is 221 Å². The van der Waals surface area contributed by atoms with E-state index in [0.29, 0.717) is 19.6 Å². The lowest BCUT2D eigenvalue weighted by Crippen LogP contribution is -2.49. The molecular formula is C68H77Cl4N19. The molecule has 12 heterocycles. The number of anilines is 3. The fourth-order valence-electron chi connectivity index (χ4n) is 15.1. The third-order valence-electron chi connectivity index (χ3n) is 20.1. The van der Waals surface area contributed by atoms with Crippen LogP contribution in [0.3, 0.4) is 0 Å². The Labute approximate surface area is 553 Å². The van der Waals surface area contributed by atoms with Crippen molar-refractivity contribution < 1.29 is 0 Å². The number of hydrogen-bond donors (Lipinski definition) is 1. The monoisotopic (exact) mass is 1300 g/mol. The highest BCUT2D eigenvalue weighted by Crippen LogP contribution is 2.40. The van der Waals surface area contributed by atoms with Crippen molar-refractivity contribution in [3.05, 3.63) is 194 Å². The normalized spacial score (nSPS) is 17.9. The number of halogens is 4. The Bertz CT molecular complexity index is 3550. The number of nitrogens with one attached hydrogen (secondary N) is 1. The fraction of sp³-hybridized carbons (Fsp3) is 0.426. The average molecular weight is 1300 g/mol. The molecule has 3 aromatic carbocycles. The molecule has 91 heavy (non-hydrogen) atoms. The summed E-state index contributed by atoms with van der Waals surface area (Å²) in [7, 11) is 2.17. The summed E-state index contributed by atoms with van der Waals surface area (Å²) >= 11 is 20.7. The summed E-state index contributed by atoms with van der Waals surface area (Å²) in [5.41, 5.74) is 6.55. The van der Waals surface area contributed by atoms with E-state index in [9.17, 15) is 0 Å². The van der Waals surface area contributed by atoms with Gasteiger partial charge in [0.2, 0.25) is 0 Å². The molecule has 0 saturated carbocycles. The first-order chi connectivity index (χ1) is 44.2. The van der Waals surface area contributed by atoms with Crippen molar-refractivity contribution in [2.45, 2.75) is 120 Å². The molecule has 0 atom stereocenters. The van der Waals surface area contributed by atoms with Crippen LogP contribution in [0.15, 0.2) is 128 Å². The van der Waals surface area contributed by atoms with Gasteiger partial charge in [0, 0.05) is 135 Å². The number of pyridine rings is 3. The highest BCUT2D eigenvalue weighted by atomic mass is 35.5. The third kappa shape index (κ3) is 12.8. The number of benzene rings is 3. The molecule has 15 rings (SSSR count). The highest BCUT2D eigenvalue weighted by Gasteiger charge is 2.38. The van der Waals surface area contributed by atoms with E-state index in [-0.39, 0.29) is 35.7 Å². The fourth-order valence-corrected chi connectivity index (χ4v) is 15.7. The van der Waals surface area contributed by atoms with Gasteiger partial charge >= 0.3 is 0 Å². The lowest BCUT2D eigenvalue weighted by Gasteiger charge is -2.39. The van der Waals surface area contributed by atoms with Crippen molar-refractivity contribution in [3.63, 3.8) is 0 Å². The Kier molecular flexibility index (Phi) is 18.1. The SMILES string of the molecule is CNC(CCN1Cc2cc(Cl)ccc2-n2c(nnc2C2CCN(c3ccccn3)CC2)C1)(CCN1Cc2cc(Cl)ccc2-n2c(nnc2C2CCN(c3ccccn3)CC2)C1)CCN1Cc2cc(Cl)ccc2-n2c(nnc2C2CCN(c3ccccn3)CC2)C1.Cl. The molecule has 6 aromatic heterocycles. The smallest absolute Gasteiger partial charge is 0.151 e. The lowest BCUT2D eigenvalue weighted by atomic mass is 9.86. The van der Waals surface area contributed by atoms with Gasteiger partial charge in [-0.25, -0.2) is 15.0 Å². The Morgan fingerprint density at radius 3 is 0.989 bits per heavy atom. The second-order valence-corrected chi connectivity index (χ2v) is 26.8. The van der Waals surface area contributed by atoms with Crippen LogP contribution in [-0.4, -0.2) is 145 Å². The maximum atomic E-state index is 6.91. The van der Waals surface area contributed by atoms with E-state index in [1.165, 1.54) is 16.7 Å². The van der Waals surface area contributed by atoms with Crippen LogP contribution < -0.4 is 20.0 Å². The summed E-state index contributed by atoms with van der Waals surface area (Å²) in [6.45, 7) is 12.0. The molecule has 19 nitrogen and oxygen atoms in total. The molecule has 0 unspecified atom stereocenters. The summed E-state index contributed by atoms with van der Waals surface area (Å²) in [6.07, 6.45) is 14.0. The van der Waals surface area contributed by atoms with Gasteiger partial charge in [-0.1, -0.05) is 53.0 Å². The van der Waals surface area contributed by atoms with Crippen LogP contribution in [0.5, 0.6) is 0 Å². The standard InChI is InChI=1S/C68H76Cl3N19.ClH/c1-72-68(23-35-82-41-50-38-53(69)11-14-56(50)88-62(44-82)76-79-65(88)47-17-29-85(30-18-47)59-8-2-5-26-73-59,24-36-83-42-51-39-54(70)12-15-57(51)89-63(45-83)77-80-66(89)48-19-31-86(32-20-48)60-9-3-6-27-74-60)25-37-84-43-52-40-55(71)13-16-58(52)90-64(46-84)78-81-67(90)49-21-33-87(34-22-49)61-10-4-7-28-75-61;/h2-16,26-28,38-40,47-49,72H,17-25,29-37,41-46H2,1H3;1H. The molecule has 472 valence electrons. The van der Waals surface area contributed by atoms with Crippen molar-refractivity contribution in [1.82, 2.24) is 79.3 Å². The van der Waals surface area contributed by atoms with Crippen LogP contribution in [0.2, 0.25) is 15.1 Å². The van der Waals surface area contributed by atoms with Crippen molar-refractivity contribution >= 4 is 64.7 Å². The van der Waals surface area contributed by atoms with Crippen LogP contribution in [0.25, 0.3) is 17.1 Å². The van der Waals surface area contributed by atoms with Crippen LogP contribution >= 0.6 is 47.2 Å². The molecule has 3 fully saturated rings. The summed E-state index contributed by atoms with van der Waals surface area (Å²) in [4.78, 5) is 28.8. The Morgan fingerprint density at radius 1 is 0.407 bits per heavy atom. The molecule has 6 aliphatic rings. The number of rotatable bonds is 16. The van der Waals surface area contributed by atoms with Gasteiger partial charge in [0.05, 0.1) is 36.7 Å². The third-order valence-corrected chi connectivity index (χ3v) is 20.8. The van der Waals surface area contributed by atoms with E-state index in [1.54, 1.807) is 0 Å². The predicted molar refractivity (Wildman–Crippen MR) is 360 cm³/mol. The second kappa shape index (κ2) is 26.9. The molecule has 6 aliphatic heterocycles. The maximum Gasteiger partial charge on any atom is 0.151 e. The molecule has 0 radical (unpaired) electrons. The van der Waals surface area contributed by atoms with Crippen LogP contribution in [0.4, 0.5) is 17.5 Å². The van der Waals surface area contributed by atoms with E-state index >= 15 is 0 Å². The number of piperidine rings is 3. The zero-order chi connectivity index (χ0) is 60.7. The van der Waals surface area contributed by atoms with Crippen molar-refractivity contribution in [1.29, 1.82) is 0 Å². The summed E-state index contributed by atoms with van der Waals surface area (Å²) < 4.78 is 7.07. The zero-order valence-corrected chi connectivity index (χ0v) is 54.5. The van der Waals surface area contributed by atoms with Gasteiger partial charge in [-0.3, -0.25) is 28.4 Å². The number of hydrogen-bond acceptors (Lipinski definition) is 16. The van der Waals surface area contributed by atoms with Gasteiger partial charge in [0.1, 0.15) is 34.9 Å². The van der Waals surface area contributed by atoms with Crippen LogP contribution in [-0.2, 0) is 39.3 Å². The predicted octanol–water partition coefficient (Wildman–Crippen LogP) is 11.6. The van der Waals surface area contributed by atoms with E-state index in [4.69, 9.17) is 65.4 Å². The van der Waals surface area contributed by atoms with Gasteiger partial charge < -0.3 is 20.0 Å². The van der Waals surface area contributed by atoms with E-state index < -0.39 is 0 Å². The minimum atomic E-state index is -0.322. The molecule has 3 saturated heterocycles. The maximum absolute atomic E-state index is 6.91. The van der Waals surface area contributed by atoms with Gasteiger partial charge in [-0.2, -0.15) is 0 Å². The first kappa shape index (κ1) is 61.4. The molecule has 1 N–H and O–H groups in total. The number of fused-ring (bicyclic) bond motifs is 9. The van der Waals surface area contributed by atoms with Gasteiger partial charge in [0.25, 0.3) is 0 Å². The molecule has 9 aromatic rings. The molecule has 0 aliphatic carbocycles. The van der Waals surface area contributed by atoms with Gasteiger partial charge in [0.15, 0.2) is 17.5 Å². The minimum absolute atomic E-state index is 0.